The van der Waals surface area contributed by atoms with Gasteiger partial charge in [-0.2, -0.15) is 0 Å². The number of aliphatic hydroxyl groups is 1. The van der Waals surface area contributed by atoms with E-state index in [4.69, 9.17) is 0 Å². The van der Waals surface area contributed by atoms with Crippen LogP contribution in [0.2, 0.25) is 0 Å². The predicted molar refractivity (Wildman–Crippen MR) is 153 cm³/mol. The molecule has 0 bridgehead atoms. The molecule has 1 fully saturated rings. The van der Waals surface area contributed by atoms with E-state index < -0.39 is 22.0 Å². The standard InChI is InChI=1S/C30H36N6O4S/c1-21-7-10-26(11-8-21)41(39,40)36-15-13-31-30(38)29(36)17-24-19-35(33-32-24)28-6-2-4-23-16-22(9-12-27(23)28)18-34-14-3-5-25(34)20-37/h7-13,15-16,19,25,28-29,37H,2-6,14,17-18,20H2,1H3,(H,31,38)/t25-,28?,29+/m0/s1. The summed E-state index contributed by atoms with van der Waals surface area (Å²) in [6.07, 6.45) is 9.81. The maximum atomic E-state index is 13.4. The third-order valence-corrected chi connectivity index (χ3v) is 10.3. The van der Waals surface area contributed by atoms with Crippen molar-refractivity contribution < 1.29 is 18.3 Å². The van der Waals surface area contributed by atoms with Crippen molar-refractivity contribution in [3.8, 4) is 0 Å². The van der Waals surface area contributed by atoms with Crippen molar-refractivity contribution in [3.05, 3.63) is 89.0 Å². The Morgan fingerprint density at radius 3 is 2.73 bits per heavy atom. The van der Waals surface area contributed by atoms with Crippen LogP contribution in [0.1, 0.15) is 59.7 Å². The van der Waals surface area contributed by atoms with Gasteiger partial charge in [0.25, 0.3) is 10.0 Å². The molecule has 2 aromatic carbocycles. The molecule has 3 heterocycles. The number of carbonyl (C=O) groups is 1. The average molecular weight is 577 g/mol. The molecule has 216 valence electrons. The van der Waals surface area contributed by atoms with E-state index in [9.17, 15) is 18.3 Å². The van der Waals surface area contributed by atoms with Crippen LogP contribution >= 0.6 is 0 Å². The molecule has 2 N–H and O–H groups in total. The quantitative estimate of drug-likeness (QED) is 0.423. The average Bonchev–Trinajstić information content (AvgIpc) is 3.63. The SMILES string of the molecule is Cc1ccc(S(=O)(=O)N2C=CNC(=O)[C@H]2Cc2cn(C3CCCc4cc(CN5CCC[C@H]5CO)ccc43)nn2)cc1. The van der Waals surface area contributed by atoms with Gasteiger partial charge in [0.2, 0.25) is 5.91 Å². The number of carbonyl (C=O) groups excluding carboxylic acids is 1. The van der Waals surface area contributed by atoms with Crippen LogP contribution in [0.15, 0.2) is 66.0 Å². The monoisotopic (exact) mass is 576 g/mol. The summed E-state index contributed by atoms with van der Waals surface area (Å²) < 4.78 is 29.9. The van der Waals surface area contributed by atoms with E-state index in [1.54, 1.807) is 24.3 Å². The predicted octanol–water partition coefficient (Wildman–Crippen LogP) is 2.67. The number of likely N-dealkylation sites (tertiary alicyclic amines) is 1. The molecular weight excluding hydrogens is 540 g/mol. The topological polar surface area (TPSA) is 121 Å². The van der Waals surface area contributed by atoms with Gasteiger partial charge in [-0.1, -0.05) is 41.1 Å². The van der Waals surface area contributed by atoms with E-state index in [-0.39, 0.29) is 30.0 Å². The minimum Gasteiger partial charge on any atom is -0.395 e. The maximum Gasteiger partial charge on any atom is 0.264 e. The number of aromatic nitrogens is 3. The summed E-state index contributed by atoms with van der Waals surface area (Å²) in [7, 11) is -3.94. The summed E-state index contributed by atoms with van der Waals surface area (Å²) >= 11 is 0. The number of hydrogen-bond acceptors (Lipinski definition) is 7. The molecule has 6 rings (SSSR count). The molecule has 1 amide bonds. The first-order valence-electron chi connectivity index (χ1n) is 14.3. The zero-order valence-corrected chi connectivity index (χ0v) is 24.0. The van der Waals surface area contributed by atoms with Crippen LogP contribution in [0.3, 0.4) is 0 Å². The molecule has 1 aromatic heterocycles. The van der Waals surface area contributed by atoms with Crippen molar-refractivity contribution in [3.63, 3.8) is 0 Å². The Morgan fingerprint density at radius 1 is 1.10 bits per heavy atom. The summed E-state index contributed by atoms with van der Waals surface area (Å²) in [6.45, 7) is 3.96. The third kappa shape index (κ3) is 5.53. The van der Waals surface area contributed by atoms with Gasteiger partial charge in [0.15, 0.2) is 0 Å². The van der Waals surface area contributed by atoms with Crippen LogP contribution in [0.4, 0.5) is 0 Å². The highest BCUT2D eigenvalue weighted by atomic mass is 32.2. The van der Waals surface area contributed by atoms with Gasteiger partial charge in [0.1, 0.15) is 6.04 Å². The van der Waals surface area contributed by atoms with Gasteiger partial charge >= 0.3 is 0 Å². The van der Waals surface area contributed by atoms with Crippen molar-refractivity contribution in [1.29, 1.82) is 0 Å². The summed E-state index contributed by atoms with van der Waals surface area (Å²) in [4.78, 5) is 15.4. The first-order valence-corrected chi connectivity index (χ1v) is 15.7. The minimum atomic E-state index is -3.94. The summed E-state index contributed by atoms with van der Waals surface area (Å²) in [5, 5.41) is 21.1. The number of benzene rings is 2. The van der Waals surface area contributed by atoms with Gasteiger partial charge in [-0.25, -0.2) is 13.1 Å². The normalized spacial score (nSPS) is 23.0. The molecule has 1 aliphatic carbocycles. The molecule has 41 heavy (non-hydrogen) atoms. The molecule has 2 aliphatic heterocycles. The van der Waals surface area contributed by atoms with E-state index >= 15 is 0 Å². The number of rotatable bonds is 8. The Balaban J connectivity index is 1.20. The van der Waals surface area contributed by atoms with Gasteiger partial charge in [-0.3, -0.25) is 14.0 Å². The van der Waals surface area contributed by atoms with Crippen LogP contribution in [-0.4, -0.2) is 68.9 Å². The highest BCUT2D eigenvalue weighted by Crippen LogP contribution is 2.34. The van der Waals surface area contributed by atoms with Crippen LogP contribution in [-0.2, 0) is 34.2 Å². The number of amides is 1. The lowest BCUT2D eigenvalue weighted by Crippen LogP contribution is -2.50. The number of aryl methyl sites for hydroxylation is 2. The fourth-order valence-electron chi connectivity index (χ4n) is 6.29. The van der Waals surface area contributed by atoms with Crippen molar-refractivity contribution in [2.75, 3.05) is 13.2 Å². The Kier molecular flexibility index (Phi) is 7.67. The lowest BCUT2D eigenvalue weighted by molar-refractivity contribution is -0.124. The number of sulfonamides is 1. The Morgan fingerprint density at radius 2 is 1.93 bits per heavy atom. The van der Waals surface area contributed by atoms with Crippen molar-refractivity contribution >= 4 is 15.9 Å². The lowest BCUT2D eigenvalue weighted by atomic mass is 9.86. The maximum absolute atomic E-state index is 13.4. The fourth-order valence-corrected chi connectivity index (χ4v) is 7.74. The molecule has 10 nitrogen and oxygen atoms in total. The van der Waals surface area contributed by atoms with E-state index in [2.05, 4.69) is 38.7 Å². The number of hydrogen-bond donors (Lipinski definition) is 2. The molecule has 3 aliphatic rings. The summed E-state index contributed by atoms with van der Waals surface area (Å²) in [5.74, 6) is -0.408. The second kappa shape index (κ2) is 11.4. The molecule has 1 unspecified atom stereocenters. The molecule has 3 aromatic rings. The highest BCUT2D eigenvalue weighted by Gasteiger charge is 2.36. The molecule has 11 heteroatoms. The van der Waals surface area contributed by atoms with Crippen molar-refractivity contribution in [1.82, 2.24) is 29.5 Å². The van der Waals surface area contributed by atoms with Crippen LogP contribution in [0.25, 0.3) is 0 Å². The van der Waals surface area contributed by atoms with Crippen molar-refractivity contribution in [2.24, 2.45) is 0 Å². The smallest absolute Gasteiger partial charge is 0.264 e. The van der Waals surface area contributed by atoms with Gasteiger partial charge in [0.05, 0.1) is 23.2 Å². The lowest BCUT2D eigenvalue weighted by Gasteiger charge is -2.31. The van der Waals surface area contributed by atoms with E-state index in [0.717, 1.165) is 55.1 Å². The first-order chi connectivity index (χ1) is 19.8. The van der Waals surface area contributed by atoms with E-state index in [0.29, 0.717) is 5.69 Å². The molecule has 3 atom stereocenters. The molecule has 1 saturated heterocycles. The van der Waals surface area contributed by atoms with Gasteiger partial charge in [0, 0.05) is 37.6 Å². The molecular formula is C30H36N6O4S. The van der Waals surface area contributed by atoms with Gasteiger partial charge in [-0.05, 0) is 74.4 Å². The second-order valence-corrected chi connectivity index (χ2v) is 13.1. The van der Waals surface area contributed by atoms with Crippen LogP contribution in [0, 0.1) is 6.92 Å². The van der Waals surface area contributed by atoms with Crippen LogP contribution < -0.4 is 5.32 Å². The van der Waals surface area contributed by atoms with E-state index in [1.807, 2.05) is 17.8 Å². The minimum absolute atomic E-state index is 0.0264. The third-order valence-electron chi connectivity index (χ3n) is 8.52. The van der Waals surface area contributed by atoms with Gasteiger partial charge < -0.3 is 10.4 Å². The number of nitrogens with zero attached hydrogens (tertiary/aromatic N) is 5. The molecule has 0 radical (unpaired) electrons. The summed E-state index contributed by atoms with van der Waals surface area (Å²) in [5.41, 5.74) is 5.29. The van der Waals surface area contributed by atoms with Gasteiger partial charge in [-0.15, -0.1) is 5.10 Å². The Labute approximate surface area is 240 Å². The zero-order valence-electron chi connectivity index (χ0n) is 23.2. The van der Waals surface area contributed by atoms with E-state index in [1.165, 1.54) is 29.1 Å². The largest absolute Gasteiger partial charge is 0.395 e. The number of fused-ring (bicyclic) bond motifs is 1. The van der Waals surface area contributed by atoms with Crippen LogP contribution in [0.5, 0.6) is 0 Å². The Bertz CT molecular complexity index is 1550. The first kappa shape index (κ1) is 27.6. The molecule has 0 saturated carbocycles. The van der Waals surface area contributed by atoms with Crippen molar-refractivity contribution in [2.45, 2.75) is 75.0 Å². The number of aliphatic hydroxyl groups excluding tert-OH is 1. The zero-order chi connectivity index (χ0) is 28.6. The summed E-state index contributed by atoms with van der Waals surface area (Å²) in [6, 6.07) is 12.5. The fraction of sp³-hybridized carbons (Fsp3) is 0.433. The molecule has 0 spiro atoms. The highest BCUT2D eigenvalue weighted by molar-refractivity contribution is 7.89. The Hall–Kier alpha value is -3.54. The number of nitrogens with one attached hydrogen (secondary N) is 1. The second-order valence-electron chi connectivity index (χ2n) is 11.3.